The van der Waals surface area contributed by atoms with Crippen LogP contribution in [0.15, 0.2) is 54.6 Å². The molecule has 0 N–H and O–H groups in total. The van der Waals surface area contributed by atoms with E-state index in [1.165, 1.54) is 0 Å². The first-order valence-corrected chi connectivity index (χ1v) is 10.1. The van der Waals surface area contributed by atoms with E-state index in [4.69, 9.17) is 4.74 Å². The summed E-state index contributed by atoms with van der Waals surface area (Å²) in [5.41, 5.74) is 1.74. The lowest BCUT2D eigenvalue weighted by Gasteiger charge is -2.25. The molecule has 0 spiro atoms. The summed E-state index contributed by atoms with van der Waals surface area (Å²) in [6, 6.07) is 14.9. The van der Waals surface area contributed by atoms with E-state index in [1.807, 2.05) is 42.5 Å². The van der Waals surface area contributed by atoms with Crippen LogP contribution in [-0.2, 0) is 11.3 Å². The molecule has 0 aliphatic carbocycles. The summed E-state index contributed by atoms with van der Waals surface area (Å²) in [6.07, 6.45) is 0.755. The Morgan fingerprint density at radius 2 is 1.73 bits per heavy atom. The van der Waals surface area contributed by atoms with Crippen LogP contribution >= 0.6 is 12.6 Å². The van der Waals surface area contributed by atoms with Crippen molar-refractivity contribution in [1.82, 2.24) is 10.2 Å². The smallest absolute Gasteiger partial charge is 0.161 e. The van der Waals surface area contributed by atoms with Crippen LogP contribution in [0.2, 0.25) is 0 Å². The highest BCUT2D eigenvalue weighted by Gasteiger charge is 2.31. The highest BCUT2D eigenvalue weighted by atomic mass is 32.1. The summed E-state index contributed by atoms with van der Waals surface area (Å²) in [7, 11) is 0. The number of rotatable bonds is 6. The Balaban J connectivity index is 1.42. The van der Waals surface area contributed by atoms with Crippen molar-refractivity contribution in [2.45, 2.75) is 24.3 Å². The van der Waals surface area contributed by atoms with Crippen molar-refractivity contribution in [3.8, 4) is 11.3 Å². The number of halogens is 3. The highest BCUT2D eigenvalue weighted by Crippen LogP contribution is 2.28. The zero-order valence-electron chi connectivity index (χ0n) is 16.0. The van der Waals surface area contributed by atoms with Crippen LogP contribution in [0, 0.1) is 17.5 Å². The molecule has 4 nitrogen and oxygen atoms in total. The first-order chi connectivity index (χ1) is 14.5. The predicted octanol–water partition coefficient (Wildman–Crippen LogP) is 4.65. The first kappa shape index (κ1) is 20.7. The summed E-state index contributed by atoms with van der Waals surface area (Å²) >= 11 is 4.58. The zero-order chi connectivity index (χ0) is 21.1. The number of benzene rings is 2. The van der Waals surface area contributed by atoms with E-state index in [0.717, 1.165) is 23.7 Å². The molecule has 0 amide bonds. The summed E-state index contributed by atoms with van der Waals surface area (Å²) < 4.78 is 45.8. The van der Waals surface area contributed by atoms with Crippen LogP contribution in [0.3, 0.4) is 0 Å². The molecule has 8 heteroatoms. The molecule has 0 unspecified atom stereocenters. The van der Waals surface area contributed by atoms with Crippen LogP contribution in [0.1, 0.15) is 12.0 Å². The Morgan fingerprint density at radius 1 is 0.967 bits per heavy atom. The monoisotopic (exact) mass is 431 g/mol. The van der Waals surface area contributed by atoms with E-state index in [2.05, 4.69) is 27.7 Å². The van der Waals surface area contributed by atoms with Crippen molar-refractivity contribution >= 4 is 18.4 Å². The third-order valence-corrected chi connectivity index (χ3v) is 5.44. The van der Waals surface area contributed by atoms with Crippen molar-refractivity contribution in [2.75, 3.05) is 18.1 Å². The molecule has 0 saturated carbocycles. The van der Waals surface area contributed by atoms with E-state index in [0.29, 0.717) is 18.4 Å². The SMILES string of the molecule is Fc1cc(F)c(COC[C@@H]2C[C@@H](S)CN2c2ccc(-c3ccccc3)nn2)cc1F. The molecule has 2 atom stereocenters. The third kappa shape index (κ3) is 4.60. The average molecular weight is 431 g/mol. The largest absolute Gasteiger partial charge is 0.375 e. The van der Waals surface area contributed by atoms with Gasteiger partial charge in [-0.2, -0.15) is 12.6 Å². The van der Waals surface area contributed by atoms with Crippen LogP contribution in [0.5, 0.6) is 0 Å². The van der Waals surface area contributed by atoms with Crippen LogP contribution < -0.4 is 4.90 Å². The number of aromatic nitrogens is 2. The molecule has 0 radical (unpaired) electrons. The number of hydrogen-bond donors (Lipinski definition) is 1. The van der Waals surface area contributed by atoms with Gasteiger partial charge >= 0.3 is 0 Å². The Hall–Kier alpha value is -2.58. The molecular weight excluding hydrogens is 411 g/mol. The summed E-state index contributed by atoms with van der Waals surface area (Å²) in [6.45, 7) is 0.802. The number of anilines is 1. The van der Waals surface area contributed by atoms with Gasteiger partial charge in [-0.1, -0.05) is 30.3 Å². The van der Waals surface area contributed by atoms with E-state index < -0.39 is 17.5 Å². The maximum Gasteiger partial charge on any atom is 0.161 e. The third-order valence-electron chi connectivity index (χ3n) is 5.06. The molecule has 1 aromatic heterocycles. The Bertz CT molecular complexity index is 1000. The molecule has 4 rings (SSSR count). The lowest BCUT2D eigenvalue weighted by Crippen LogP contribution is -2.34. The second kappa shape index (κ2) is 9.06. The quantitative estimate of drug-likeness (QED) is 0.455. The van der Waals surface area contributed by atoms with Crippen LogP contribution in [0.4, 0.5) is 19.0 Å². The predicted molar refractivity (Wildman–Crippen MR) is 112 cm³/mol. The molecule has 1 saturated heterocycles. The molecule has 1 fully saturated rings. The average Bonchev–Trinajstić information content (AvgIpc) is 3.13. The molecule has 1 aliphatic heterocycles. The summed E-state index contributed by atoms with van der Waals surface area (Å²) in [5, 5.41) is 8.82. The van der Waals surface area contributed by atoms with Crippen molar-refractivity contribution in [3.63, 3.8) is 0 Å². The zero-order valence-corrected chi connectivity index (χ0v) is 16.9. The van der Waals surface area contributed by atoms with Gasteiger partial charge in [0.05, 0.1) is 24.9 Å². The number of thiol groups is 1. The van der Waals surface area contributed by atoms with Gasteiger partial charge in [0.25, 0.3) is 0 Å². The maximum absolute atomic E-state index is 13.8. The fourth-order valence-corrected chi connectivity index (χ4v) is 3.97. The van der Waals surface area contributed by atoms with Crippen molar-refractivity contribution < 1.29 is 17.9 Å². The van der Waals surface area contributed by atoms with Crippen LogP contribution in [-0.4, -0.2) is 34.6 Å². The Morgan fingerprint density at radius 3 is 2.47 bits per heavy atom. The van der Waals surface area contributed by atoms with Gasteiger partial charge in [-0.15, -0.1) is 10.2 Å². The molecule has 0 bridgehead atoms. The number of ether oxygens (including phenoxy) is 1. The van der Waals surface area contributed by atoms with Gasteiger partial charge in [0, 0.05) is 29.0 Å². The van der Waals surface area contributed by atoms with Crippen molar-refractivity contribution in [3.05, 3.63) is 77.6 Å². The maximum atomic E-state index is 13.8. The normalized spacial score (nSPS) is 18.7. The van der Waals surface area contributed by atoms with Gasteiger partial charge in [0.2, 0.25) is 0 Å². The molecular formula is C22H20F3N3OS. The first-order valence-electron chi connectivity index (χ1n) is 9.56. The molecule has 2 heterocycles. The van der Waals surface area contributed by atoms with Gasteiger partial charge in [-0.25, -0.2) is 13.2 Å². The molecule has 156 valence electrons. The summed E-state index contributed by atoms with van der Waals surface area (Å²) in [4.78, 5) is 2.06. The lowest BCUT2D eigenvalue weighted by atomic mass is 10.1. The van der Waals surface area contributed by atoms with E-state index in [9.17, 15) is 13.2 Å². The fraction of sp³-hybridized carbons (Fsp3) is 0.273. The minimum Gasteiger partial charge on any atom is -0.375 e. The van der Waals surface area contributed by atoms with E-state index in [-0.39, 0.29) is 30.1 Å². The minimum atomic E-state index is -1.21. The Labute approximate surface area is 178 Å². The van der Waals surface area contributed by atoms with Gasteiger partial charge in [0.1, 0.15) is 5.82 Å². The van der Waals surface area contributed by atoms with Gasteiger partial charge in [-0.3, -0.25) is 0 Å². The molecule has 30 heavy (non-hydrogen) atoms. The van der Waals surface area contributed by atoms with Crippen LogP contribution in [0.25, 0.3) is 11.3 Å². The summed E-state index contributed by atoms with van der Waals surface area (Å²) in [5.74, 6) is -2.43. The van der Waals surface area contributed by atoms with Crippen molar-refractivity contribution in [1.29, 1.82) is 0 Å². The Kier molecular flexibility index (Phi) is 6.24. The van der Waals surface area contributed by atoms with E-state index >= 15 is 0 Å². The fourth-order valence-electron chi connectivity index (χ4n) is 3.55. The van der Waals surface area contributed by atoms with Gasteiger partial charge < -0.3 is 9.64 Å². The molecule has 3 aromatic rings. The topological polar surface area (TPSA) is 38.2 Å². The lowest BCUT2D eigenvalue weighted by molar-refractivity contribution is 0.106. The number of nitrogens with zero attached hydrogens (tertiary/aromatic N) is 3. The minimum absolute atomic E-state index is 0.0205. The van der Waals surface area contributed by atoms with Crippen molar-refractivity contribution in [2.24, 2.45) is 0 Å². The molecule has 2 aromatic carbocycles. The van der Waals surface area contributed by atoms with Gasteiger partial charge in [0.15, 0.2) is 17.5 Å². The standard InChI is InChI=1S/C22H20F3N3OS/c23-18-10-20(25)19(24)8-15(18)12-29-13-16-9-17(30)11-28(16)22-7-6-21(26-27-22)14-4-2-1-3-5-14/h1-8,10,16-17,30H,9,11-13H2/t16-,17+/m0/s1. The second-order valence-corrected chi connectivity index (χ2v) is 7.94. The van der Waals surface area contributed by atoms with Gasteiger partial charge in [-0.05, 0) is 24.6 Å². The second-order valence-electron chi connectivity index (χ2n) is 7.21. The molecule has 1 aliphatic rings. The van der Waals surface area contributed by atoms with E-state index in [1.54, 1.807) is 0 Å². The highest BCUT2D eigenvalue weighted by molar-refractivity contribution is 7.81. The number of hydrogen-bond acceptors (Lipinski definition) is 5.